The summed E-state index contributed by atoms with van der Waals surface area (Å²) in [6.45, 7) is 3.20. The van der Waals surface area contributed by atoms with Gasteiger partial charge in [-0.1, -0.05) is 6.58 Å². The first kappa shape index (κ1) is 10.5. The molecule has 0 radical (unpaired) electrons. The monoisotopic (exact) mass is 190 g/mol. The van der Waals surface area contributed by atoms with Gasteiger partial charge >= 0.3 is 0 Å². The van der Waals surface area contributed by atoms with E-state index >= 15 is 0 Å². The zero-order chi connectivity index (χ0) is 10.0. The zero-order valence-corrected chi connectivity index (χ0v) is 7.38. The van der Waals surface area contributed by atoms with Gasteiger partial charge in [-0.25, -0.2) is 0 Å². The summed E-state index contributed by atoms with van der Waals surface area (Å²) in [4.78, 5) is 0. The maximum absolute atomic E-state index is 9.48. The van der Waals surface area contributed by atoms with Crippen molar-refractivity contribution in [2.75, 3.05) is 13.7 Å². The molecular weight excluding hydrogens is 176 g/mol. The minimum Gasteiger partial charge on any atom is -0.466 e. The quantitative estimate of drug-likeness (QED) is 0.511. The molecule has 1 rings (SSSR count). The van der Waals surface area contributed by atoms with Gasteiger partial charge in [0.05, 0.1) is 18.6 Å². The highest BCUT2D eigenvalue weighted by atomic mass is 16.7. The van der Waals surface area contributed by atoms with Crippen LogP contribution in [-0.2, 0) is 9.47 Å². The van der Waals surface area contributed by atoms with E-state index in [1.165, 1.54) is 7.11 Å². The van der Waals surface area contributed by atoms with Gasteiger partial charge in [0.1, 0.15) is 11.9 Å². The molecule has 0 saturated carbocycles. The predicted octanol–water partition coefficient (Wildman–Crippen LogP) is -1.17. The van der Waals surface area contributed by atoms with Crippen LogP contribution in [0.5, 0.6) is 0 Å². The lowest BCUT2D eigenvalue weighted by Gasteiger charge is -2.37. The number of aliphatic hydroxyl groups is 3. The van der Waals surface area contributed by atoms with Crippen molar-refractivity contribution >= 4 is 0 Å². The van der Waals surface area contributed by atoms with Crippen LogP contribution in [0.4, 0.5) is 0 Å². The Hall–Kier alpha value is -0.620. The third-order valence-corrected chi connectivity index (χ3v) is 2.15. The van der Waals surface area contributed by atoms with E-state index in [-0.39, 0.29) is 12.4 Å². The molecule has 13 heavy (non-hydrogen) atoms. The average Bonchev–Trinajstić information content (AvgIpc) is 2.12. The molecule has 3 N–H and O–H groups in total. The molecule has 1 aliphatic rings. The van der Waals surface area contributed by atoms with Crippen molar-refractivity contribution in [2.24, 2.45) is 5.92 Å². The Balaban J connectivity index is 2.72. The maximum atomic E-state index is 9.48. The van der Waals surface area contributed by atoms with Crippen LogP contribution in [0, 0.1) is 5.92 Å². The fraction of sp³-hybridized carbons (Fsp3) is 0.750. The second-order valence-corrected chi connectivity index (χ2v) is 2.96. The molecule has 0 bridgehead atoms. The van der Waals surface area contributed by atoms with E-state index in [1.54, 1.807) is 0 Å². The maximum Gasteiger partial charge on any atom is 0.227 e. The van der Waals surface area contributed by atoms with Gasteiger partial charge in [0.15, 0.2) is 0 Å². The first-order valence-corrected chi connectivity index (χ1v) is 3.97. The van der Waals surface area contributed by atoms with Crippen LogP contribution in [0.3, 0.4) is 0 Å². The van der Waals surface area contributed by atoms with E-state index in [4.69, 9.17) is 14.6 Å². The number of hydrogen-bond acceptors (Lipinski definition) is 5. The highest BCUT2D eigenvalue weighted by molar-refractivity contribution is 5.02. The molecule has 1 heterocycles. The summed E-state index contributed by atoms with van der Waals surface area (Å²) in [5.74, 6) is -0.423. The van der Waals surface area contributed by atoms with Crippen molar-refractivity contribution in [1.82, 2.24) is 0 Å². The summed E-state index contributed by atoms with van der Waals surface area (Å²) in [5.41, 5.74) is 0. The molecule has 0 aliphatic carbocycles. The minimum absolute atomic E-state index is 0.229. The Morgan fingerprint density at radius 3 is 2.54 bits per heavy atom. The lowest BCUT2D eigenvalue weighted by atomic mass is 9.94. The number of rotatable bonds is 2. The molecule has 0 amide bonds. The first-order valence-electron chi connectivity index (χ1n) is 3.97. The van der Waals surface area contributed by atoms with Crippen molar-refractivity contribution in [1.29, 1.82) is 0 Å². The molecule has 4 atom stereocenters. The van der Waals surface area contributed by atoms with Crippen LogP contribution < -0.4 is 0 Å². The summed E-state index contributed by atoms with van der Waals surface area (Å²) < 4.78 is 9.80. The van der Waals surface area contributed by atoms with E-state index in [0.717, 1.165) is 0 Å². The minimum atomic E-state index is -1.16. The molecule has 4 unspecified atom stereocenters. The summed E-state index contributed by atoms with van der Waals surface area (Å²) in [6, 6.07) is 0. The topological polar surface area (TPSA) is 79.2 Å². The highest BCUT2D eigenvalue weighted by Crippen LogP contribution is 2.27. The van der Waals surface area contributed by atoms with Gasteiger partial charge < -0.3 is 24.8 Å². The van der Waals surface area contributed by atoms with E-state index in [1.807, 2.05) is 0 Å². The second-order valence-electron chi connectivity index (χ2n) is 2.96. The van der Waals surface area contributed by atoms with Gasteiger partial charge in [0, 0.05) is 7.11 Å². The Bertz CT molecular complexity index is 193. The smallest absolute Gasteiger partial charge is 0.227 e. The average molecular weight is 190 g/mol. The summed E-state index contributed by atoms with van der Waals surface area (Å²) in [6.07, 6.45) is -3.17. The Morgan fingerprint density at radius 2 is 2.08 bits per heavy atom. The molecule has 1 aliphatic heterocycles. The number of methoxy groups -OCH3 is 1. The molecule has 5 nitrogen and oxygen atoms in total. The van der Waals surface area contributed by atoms with Gasteiger partial charge in [0.2, 0.25) is 6.29 Å². The fourth-order valence-electron chi connectivity index (χ4n) is 1.29. The summed E-state index contributed by atoms with van der Waals surface area (Å²) in [5, 5.41) is 27.7. The standard InChI is InChI=1S/C8H14O5/c1-4-5(3-9)6(10)7(11)8(12-2)13-4/h5-11H,1,3H2,2H3. The molecule has 76 valence electrons. The summed E-state index contributed by atoms with van der Waals surface area (Å²) in [7, 11) is 1.35. The molecule has 0 aromatic carbocycles. The van der Waals surface area contributed by atoms with Crippen molar-refractivity contribution < 1.29 is 24.8 Å². The SMILES string of the molecule is C=C1OC(OC)C(O)C(O)C1CO. The van der Waals surface area contributed by atoms with E-state index < -0.39 is 24.4 Å². The van der Waals surface area contributed by atoms with E-state index in [0.29, 0.717) is 0 Å². The molecule has 5 heteroatoms. The van der Waals surface area contributed by atoms with Crippen molar-refractivity contribution in [2.45, 2.75) is 18.5 Å². The van der Waals surface area contributed by atoms with Gasteiger partial charge in [-0.15, -0.1) is 0 Å². The second kappa shape index (κ2) is 4.06. The first-order chi connectivity index (χ1) is 6.11. The molecule has 1 fully saturated rings. The zero-order valence-electron chi connectivity index (χ0n) is 7.38. The number of ether oxygens (including phenoxy) is 2. The van der Waals surface area contributed by atoms with Gasteiger partial charge in [-0.05, 0) is 0 Å². The summed E-state index contributed by atoms with van der Waals surface area (Å²) >= 11 is 0. The number of aliphatic hydroxyl groups excluding tert-OH is 3. The third-order valence-electron chi connectivity index (χ3n) is 2.15. The molecule has 0 aromatic heterocycles. The predicted molar refractivity (Wildman–Crippen MR) is 43.6 cm³/mol. The Morgan fingerprint density at radius 1 is 1.46 bits per heavy atom. The lowest BCUT2D eigenvalue weighted by molar-refractivity contribution is -0.227. The van der Waals surface area contributed by atoms with Gasteiger partial charge in [0.25, 0.3) is 0 Å². The largest absolute Gasteiger partial charge is 0.466 e. The van der Waals surface area contributed by atoms with Crippen LogP contribution in [0.25, 0.3) is 0 Å². The Kier molecular flexibility index (Phi) is 3.27. The Labute approximate surface area is 76.2 Å². The van der Waals surface area contributed by atoms with Crippen LogP contribution in [0.15, 0.2) is 12.3 Å². The van der Waals surface area contributed by atoms with Crippen molar-refractivity contribution in [3.8, 4) is 0 Å². The van der Waals surface area contributed by atoms with Gasteiger partial charge in [-0.3, -0.25) is 0 Å². The molecule has 0 aromatic rings. The van der Waals surface area contributed by atoms with Crippen LogP contribution in [0.2, 0.25) is 0 Å². The fourth-order valence-corrected chi connectivity index (χ4v) is 1.29. The highest BCUT2D eigenvalue weighted by Gasteiger charge is 2.41. The van der Waals surface area contributed by atoms with Crippen LogP contribution >= 0.6 is 0 Å². The van der Waals surface area contributed by atoms with Gasteiger partial charge in [-0.2, -0.15) is 0 Å². The lowest BCUT2D eigenvalue weighted by Crippen LogP contribution is -2.50. The van der Waals surface area contributed by atoms with Crippen molar-refractivity contribution in [3.05, 3.63) is 12.3 Å². The molecule has 0 spiro atoms. The van der Waals surface area contributed by atoms with Crippen LogP contribution in [-0.4, -0.2) is 47.5 Å². The third kappa shape index (κ3) is 1.83. The normalized spacial score (nSPS) is 40.2. The number of hydrogen-bond donors (Lipinski definition) is 3. The van der Waals surface area contributed by atoms with E-state index in [9.17, 15) is 10.2 Å². The van der Waals surface area contributed by atoms with Crippen molar-refractivity contribution in [3.63, 3.8) is 0 Å². The van der Waals surface area contributed by atoms with E-state index in [2.05, 4.69) is 6.58 Å². The molecule has 1 saturated heterocycles. The van der Waals surface area contributed by atoms with Crippen LogP contribution in [0.1, 0.15) is 0 Å². The molecular formula is C8H14O5.